The van der Waals surface area contributed by atoms with Gasteiger partial charge in [0.15, 0.2) is 11.5 Å². The van der Waals surface area contributed by atoms with Gasteiger partial charge in [0.05, 0.1) is 0 Å². The topological polar surface area (TPSA) is 64.1 Å². The predicted octanol–water partition coefficient (Wildman–Crippen LogP) is 2.25. The summed E-state index contributed by atoms with van der Waals surface area (Å²) in [6.07, 6.45) is 0.982. The first-order valence-electron chi connectivity index (χ1n) is 6.77. The monoisotopic (exact) mass is 261 g/mol. The Labute approximate surface area is 114 Å². The summed E-state index contributed by atoms with van der Waals surface area (Å²) in [5.41, 5.74) is 8.93. The van der Waals surface area contributed by atoms with Crippen molar-refractivity contribution in [2.45, 2.75) is 27.2 Å². The minimum Gasteiger partial charge on any atom is -0.441 e. The third-order valence-electron chi connectivity index (χ3n) is 3.31. The molecule has 4 nitrogen and oxygen atoms in total. The van der Waals surface area contributed by atoms with E-state index in [-0.39, 0.29) is 5.41 Å². The lowest BCUT2D eigenvalue weighted by Crippen LogP contribution is -2.36. The normalized spacial score (nSPS) is 12.2. The summed E-state index contributed by atoms with van der Waals surface area (Å²) >= 11 is 0. The van der Waals surface area contributed by atoms with Crippen LogP contribution in [-0.4, -0.2) is 24.6 Å². The Morgan fingerprint density at radius 3 is 2.89 bits per heavy atom. The van der Waals surface area contributed by atoms with Crippen molar-refractivity contribution in [3.05, 3.63) is 29.7 Å². The maximum Gasteiger partial charge on any atom is 0.192 e. The Balaban J connectivity index is 1.88. The third-order valence-corrected chi connectivity index (χ3v) is 3.31. The Morgan fingerprint density at radius 2 is 2.16 bits per heavy atom. The molecule has 0 aliphatic heterocycles. The number of nitrogens with one attached hydrogen (secondary N) is 1. The van der Waals surface area contributed by atoms with E-state index in [2.05, 4.69) is 36.3 Å². The Kier molecular flexibility index (Phi) is 4.22. The number of hydrogen-bond donors (Lipinski definition) is 2. The zero-order valence-electron chi connectivity index (χ0n) is 12.0. The van der Waals surface area contributed by atoms with Crippen LogP contribution in [0.4, 0.5) is 0 Å². The van der Waals surface area contributed by atoms with Gasteiger partial charge in [-0.1, -0.05) is 19.9 Å². The van der Waals surface area contributed by atoms with Gasteiger partial charge in [-0.05, 0) is 42.6 Å². The van der Waals surface area contributed by atoms with Gasteiger partial charge in [-0.3, -0.25) is 0 Å². The molecule has 0 aliphatic rings. The number of aryl methyl sites for hydroxylation is 1. The molecule has 1 aromatic heterocycles. The Bertz CT molecular complexity index is 545. The summed E-state index contributed by atoms with van der Waals surface area (Å²) in [5, 5.41) is 3.45. The molecule has 0 atom stereocenters. The van der Waals surface area contributed by atoms with E-state index in [0.29, 0.717) is 6.54 Å². The molecule has 1 heterocycles. The fourth-order valence-electron chi connectivity index (χ4n) is 1.97. The summed E-state index contributed by atoms with van der Waals surface area (Å²) in [5.74, 6) is 0.718. The number of oxazole rings is 1. The van der Waals surface area contributed by atoms with Gasteiger partial charge in [-0.15, -0.1) is 0 Å². The lowest BCUT2D eigenvalue weighted by molar-refractivity contribution is 0.353. The van der Waals surface area contributed by atoms with E-state index in [1.807, 2.05) is 13.0 Å². The van der Waals surface area contributed by atoms with Gasteiger partial charge in [0, 0.05) is 13.5 Å². The van der Waals surface area contributed by atoms with Gasteiger partial charge < -0.3 is 15.5 Å². The quantitative estimate of drug-likeness (QED) is 0.783. The first-order chi connectivity index (χ1) is 9.00. The number of nitrogens with two attached hydrogens (primary N) is 1. The van der Waals surface area contributed by atoms with Gasteiger partial charge >= 0.3 is 0 Å². The standard InChI is InChI=1S/C15H23N3O/c1-11-18-13-5-4-12(8-14(13)19-11)6-7-17-10-15(2,3)9-16/h4-5,8,17H,6-7,9-10,16H2,1-3H3. The van der Waals surface area contributed by atoms with Crippen molar-refractivity contribution < 1.29 is 4.42 Å². The van der Waals surface area contributed by atoms with Crippen molar-refractivity contribution in [1.29, 1.82) is 0 Å². The summed E-state index contributed by atoms with van der Waals surface area (Å²) < 4.78 is 5.54. The fourth-order valence-corrected chi connectivity index (χ4v) is 1.97. The van der Waals surface area contributed by atoms with Crippen molar-refractivity contribution in [1.82, 2.24) is 10.3 Å². The van der Waals surface area contributed by atoms with E-state index in [9.17, 15) is 0 Å². The molecule has 0 fully saturated rings. The molecule has 19 heavy (non-hydrogen) atoms. The minimum absolute atomic E-state index is 0.159. The highest BCUT2D eigenvalue weighted by Crippen LogP contribution is 2.17. The summed E-state index contributed by atoms with van der Waals surface area (Å²) in [6, 6.07) is 6.20. The average Bonchev–Trinajstić information content (AvgIpc) is 2.74. The lowest BCUT2D eigenvalue weighted by atomic mass is 9.94. The number of fused-ring (bicyclic) bond motifs is 1. The van der Waals surface area contributed by atoms with Crippen molar-refractivity contribution in [3.63, 3.8) is 0 Å². The Morgan fingerprint density at radius 1 is 1.37 bits per heavy atom. The molecular formula is C15H23N3O. The van der Waals surface area contributed by atoms with E-state index in [0.717, 1.165) is 36.5 Å². The fraction of sp³-hybridized carbons (Fsp3) is 0.533. The molecule has 0 spiro atoms. The molecule has 0 saturated carbocycles. The highest BCUT2D eigenvalue weighted by molar-refractivity contribution is 5.73. The molecule has 0 saturated heterocycles. The van der Waals surface area contributed by atoms with Crippen LogP contribution in [0, 0.1) is 12.3 Å². The van der Waals surface area contributed by atoms with Gasteiger partial charge in [0.25, 0.3) is 0 Å². The third kappa shape index (κ3) is 3.78. The van der Waals surface area contributed by atoms with Crippen LogP contribution in [0.3, 0.4) is 0 Å². The predicted molar refractivity (Wildman–Crippen MR) is 78.2 cm³/mol. The SMILES string of the molecule is Cc1nc2ccc(CCNCC(C)(C)CN)cc2o1. The first kappa shape index (κ1) is 14.0. The minimum atomic E-state index is 0.159. The number of nitrogens with zero attached hydrogens (tertiary/aromatic N) is 1. The number of hydrogen-bond acceptors (Lipinski definition) is 4. The van der Waals surface area contributed by atoms with Gasteiger partial charge in [-0.2, -0.15) is 0 Å². The van der Waals surface area contributed by atoms with E-state index in [1.54, 1.807) is 0 Å². The molecule has 2 rings (SSSR count). The van der Waals surface area contributed by atoms with Crippen molar-refractivity contribution >= 4 is 11.1 Å². The average molecular weight is 261 g/mol. The Hall–Kier alpha value is -1.39. The van der Waals surface area contributed by atoms with Crippen molar-refractivity contribution in [3.8, 4) is 0 Å². The summed E-state index contributed by atoms with van der Waals surface area (Å²) in [7, 11) is 0. The van der Waals surface area contributed by atoms with Gasteiger partial charge in [0.2, 0.25) is 0 Å². The van der Waals surface area contributed by atoms with Gasteiger partial charge in [-0.25, -0.2) is 4.98 Å². The number of benzene rings is 1. The highest BCUT2D eigenvalue weighted by Gasteiger charge is 2.14. The second-order valence-electron chi connectivity index (χ2n) is 5.83. The second kappa shape index (κ2) is 5.72. The molecule has 4 heteroatoms. The maximum atomic E-state index is 5.70. The van der Waals surface area contributed by atoms with E-state index < -0.39 is 0 Å². The van der Waals surface area contributed by atoms with E-state index >= 15 is 0 Å². The largest absolute Gasteiger partial charge is 0.441 e. The smallest absolute Gasteiger partial charge is 0.192 e. The molecule has 1 aromatic carbocycles. The van der Waals surface area contributed by atoms with E-state index in [1.165, 1.54) is 5.56 Å². The van der Waals surface area contributed by atoms with Crippen LogP contribution in [0.5, 0.6) is 0 Å². The number of rotatable bonds is 6. The van der Waals surface area contributed by atoms with Crippen LogP contribution in [0.1, 0.15) is 25.3 Å². The highest BCUT2D eigenvalue weighted by atomic mass is 16.3. The molecule has 0 aliphatic carbocycles. The van der Waals surface area contributed by atoms with Crippen LogP contribution >= 0.6 is 0 Å². The molecule has 0 radical (unpaired) electrons. The summed E-state index contributed by atoms with van der Waals surface area (Å²) in [4.78, 5) is 4.30. The van der Waals surface area contributed by atoms with Crippen LogP contribution in [0.2, 0.25) is 0 Å². The summed E-state index contributed by atoms with van der Waals surface area (Å²) in [6.45, 7) is 8.79. The van der Waals surface area contributed by atoms with Crippen LogP contribution in [0.15, 0.2) is 22.6 Å². The molecule has 3 N–H and O–H groups in total. The lowest BCUT2D eigenvalue weighted by Gasteiger charge is -2.22. The molecule has 2 aromatic rings. The van der Waals surface area contributed by atoms with Crippen molar-refractivity contribution in [2.24, 2.45) is 11.1 Å². The van der Waals surface area contributed by atoms with E-state index in [4.69, 9.17) is 10.2 Å². The molecule has 0 bridgehead atoms. The molecular weight excluding hydrogens is 238 g/mol. The molecule has 0 amide bonds. The molecule has 104 valence electrons. The first-order valence-corrected chi connectivity index (χ1v) is 6.77. The second-order valence-corrected chi connectivity index (χ2v) is 5.83. The molecule has 0 unspecified atom stereocenters. The maximum absolute atomic E-state index is 5.70. The number of aromatic nitrogens is 1. The van der Waals surface area contributed by atoms with Crippen LogP contribution in [-0.2, 0) is 6.42 Å². The van der Waals surface area contributed by atoms with Crippen molar-refractivity contribution in [2.75, 3.05) is 19.6 Å². The van der Waals surface area contributed by atoms with Gasteiger partial charge in [0.1, 0.15) is 5.52 Å². The zero-order chi connectivity index (χ0) is 13.9. The van der Waals surface area contributed by atoms with Crippen LogP contribution < -0.4 is 11.1 Å². The van der Waals surface area contributed by atoms with Crippen LogP contribution in [0.25, 0.3) is 11.1 Å². The zero-order valence-corrected chi connectivity index (χ0v) is 12.0.